The van der Waals surface area contributed by atoms with Gasteiger partial charge in [-0.2, -0.15) is 0 Å². The van der Waals surface area contributed by atoms with E-state index in [1.807, 2.05) is 0 Å². The van der Waals surface area contributed by atoms with Gasteiger partial charge in [-0.3, -0.25) is 0 Å². The fourth-order valence-electron chi connectivity index (χ4n) is 0. The van der Waals surface area contributed by atoms with Gasteiger partial charge in [0.1, 0.15) is 0 Å². The maximum absolute atomic E-state index is 0. The Hall–Kier alpha value is 3.62. The molecule has 0 radical (unpaired) electrons. The molecule has 4 heavy (non-hydrogen) atoms. The molecule has 0 nitrogen and oxygen atoms in total. The largest absolute Gasteiger partial charge is 2.00 e. The molecule has 0 aromatic rings. The Bertz CT molecular complexity index is 16.0. The molecule has 0 aromatic heterocycles. The molecular formula is H8KMgNaSi. The van der Waals surface area contributed by atoms with Crippen LogP contribution in [0.2, 0.25) is 0 Å². The third-order valence-corrected chi connectivity index (χ3v) is 0. The van der Waals surface area contributed by atoms with Crippen molar-refractivity contribution in [1.29, 1.82) is 0 Å². The molecule has 0 aliphatic rings. The minimum atomic E-state index is 0. The van der Waals surface area contributed by atoms with E-state index in [0.717, 1.165) is 0 Å². The molecule has 4 heteroatoms. The molecule has 0 spiro atoms. The average Bonchev–Trinajstić information content (AvgIpc) is 0. The Labute approximate surface area is 118 Å². The summed E-state index contributed by atoms with van der Waals surface area (Å²) in [4.78, 5) is 0. The summed E-state index contributed by atoms with van der Waals surface area (Å²) in [7, 11) is 0. The van der Waals surface area contributed by atoms with Crippen LogP contribution in [0.15, 0.2) is 0 Å². The van der Waals surface area contributed by atoms with Crippen LogP contribution in [0.1, 0.15) is 5.71 Å². The van der Waals surface area contributed by atoms with E-state index in [1.54, 1.807) is 0 Å². The summed E-state index contributed by atoms with van der Waals surface area (Å²) in [6, 6.07) is 0. The van der Waals surface area contributed by atoms with Crippen molar-refractivity contribution < 1.29 is 86.6 Å². The van der Waals surface area contributed by atoms with Gasteiger partial charge in [0.05, 0.1) is 0 Å². The summed E-state index contributed by atoms with van der Waals surface area (Å²) in [5.74, 6) is 0. The van der Waals surface area contributed by atoms with Crippen molar-refractivity contribution in [2.45, 2.75) is 0 Å². The molecule has 0 fully saturated rings. The van der Waals surface area contributed by atoms with Gasteiger partial charge in [0.2, 0.25) is 0 Å². The first kappa shape index (κ1) is 25.5. The Morgan fingerprint density at radius 3 is 1.25 bits per heavy atom. The van der Waals surface area contributed by atoms with E-state index in [4.69, 9.17) is 0 Å². The first-order valence-corrected chi connectivity index (χ1v) is 0. The summed E-state index contributed by atoms with van der Waals surface area (Å²) in [6.45, 7) is 0. The minimum absolute atomic E-state index is 0. The molecule has 0 saturated heterocycles. The third kappa shape index (κ3) is 9.15. The molecule has 0 unspecified atom stereocenters. The molecule has 0 aliphatic heterocycles. The van der Waals surface area contributed by atoms with E-state index in [-0.39, 0.29) is 121 Å². The fraction of sp³-hybridized carbons (Fsp3) is 0. The van der Waals surface area contributed by atoms with Crippen molar-refractivity contribution in [2.24, 2.45) is 0 Å². The second kappa shape index (κ2) is 16.0. The topological polar surface area (TPSA) is 0 Å². The number of hydrogen-bond donors (Lipinski definition) is 0. The Morgan fingerprint density at radius 2 is 1.25 bits per heavy atom. The summed E-state index contributed by atoms with van der Waals surface area (Å²) in [6.07, 6.45) is 0. The summed E-state index contributed by atoms with van der Waals surface area (Å²) >= 11 is 0. The number of hydrogen-bond acceptors (Lipinski definition) is 0. The predicted molar refractivity (Wildman–Crippen MR) is 21.5 cm³/mol. The van der Waals surface area contributed by atoms with Crippen LogP contribution in [0.25, 0.3) is 0 Å². The van der Waals surface area contributed by atoms with Gasteiger partial charge < -0.3 is 5.71 Å². The normalized spacial score (nSPS) is 0. The van der Waals surface area contributed by atoms with E-state index in [9.17, 15) is 0 Å². The van der Waals surface area contributed by atoms with E-state index >= 15 is 0 Å². The van der Waals surface area contributed by atoms with Crippen LogP contribution in [0.3, 0.4) is 0 Å². The third-order valence-electron chi connectivity index (χ3n) is 0. The minimum Gasteiger partial charge on any atom is -1.00 e. The molecule has 0 aromatic carbocycles. The van der Waals surface area contributed by atoms with Crippen LogP contribution in [-0.2, 0) is 0 Å². The van der Waals surface area contributed by atoms with Gasteiger partial charge in [-0.15, -0.1) is 0 Å². The van der Waals surface area contributed by atoms with Crippen molar-refractivity contribution >= 4 is 34.0 Å². The van der Waals surface area contributed by atoms with Gasteiger partial charge in [-0.25, -0.2) is 0 Å². The van der Waals surface area contributed by atoms with Crippen molar-refractivity contribution in [3.05, 3.63) is 0 Å². The quantitative estimate of drug-likeness (QED) is 0.280. The first-order chi connectivity index (χ1) is 0. The Morgan fingerprint density at radius 1 is 1.25 bits per heavy atom. The molecule has 0 heterocycles. The van der Waals surface area contributed by atoms with Gasteiger partial charge in [-0.1, -0.05) is 0 Å². The van der Waals surface area contributed by atoms with Crippen molar-refractivity contribution in [1.82, 2.24) is 0 Å². The standard InChI is InChI=1S/K.Mg.Na.H4Si.4H/h;;;1H4;;;;/q+1;+2;+1;;4*-1. The van der Waals surface area contributed by atoms with Crippen LogP contribution < -0.4 is 80.9 Å². The van der Waals surface area contributed by atoms with Gasteiger partial charge in [0.15, 0.2) is 0 Å². The number of rotatable bonds is 0. The van der Waals surface area contributed by atoms with Crippen LogP contribution >= 0.6 is 0 Å². The van der Waals surface area contributed by atoms with Gasteiger partial charge in [-0.05, 0) is 11.0 Å². The molecule has 0 aliphatic carbocycles. The van der Waals surface area contributed by atoms with Gasteiger partial charge in [0, 0.05) is 0 Å². The van der Waals surface area contributed by atoms with Crippen molar-refractivity contribution in [3.8, 4) is 0 Å². The molecule has 0 atom stereocenters. The maximum atomic E-state index is 0. The van der Waals surface area contributed by atoms with Crippen LogP contribution in [0.4, 0.5) is 0 Å². The van der Waals surface area contributed by atoms with E-state index < -0.39 is 0 Å². The van der Waals surface area contributed by atoms with Gasteiger partial charge >= 0.3 is 104 Å². The second-order valence-electron chi connectivity index (χ2n) is 0. The van der Waals surface area contributed by atoms with Crippen LogP contribution in [0.5, 0.6) is 0 Å². The molecule has 0 N–H and O–H groups in total. The van der Waals surface area contributed by atoms with E-state index in [1.165, 1.54) is 0 Å². The molecular weight excluding hydrogens is 114 g/mol. The average molecular weight is 123 g/mol. The predicted octanol–water partition coefficient (Wildman–Crippen LogP) is -7.37. The smallest absolute Gasteiger partial charge is 1.00 e. The zero-order valence-corrected chi connectivity index (χ0v) is 9.24. The van der Waals surface area contributed by atoms with Crippen molar-refractivity contribution in [3.63, 3.8) is 0 Å². The monoisotopic (exact) mass is 122 g/mol. The maximum Gasteiger partial charge on any atom is 2.00 e. The second-order valence-corrected chi connectivity index (χ2v) is 0. The Balaban J connectivity index is 0. The zero-order chi connectivity index (χ0) is 0. The molecule has 0 rings (SSSR count). The molecule has 0 saturated carbocycles. The van der Waals surface area contributed by atoms with E-state index in [2.05, 4.69) is 0 Å². The van der Waals surface area contributed by atoms with Crippen LogP contribution in [0, 0.1) is 0 Å². The fourth-order valence-corrected chi connectivity index (χ4v) is 0. The Kier molecular flexibility index (Phi) is 102. The zero-order valence-electron chi connectivity index (χ0n) is 6.71. The molecule has 16 valence electrons. The van der Waals surface area contributed by atoms with Crippen molar-refractivity contribution in [2.75, 3.05) is 0 Å². The molecule has 0 amide bonds. The summed E-state index contributed by atoms with van der Waals surface area (Å²) in [5.41, 5.74) is 0. The summed E-state index contributed by atoms with van der Waals surface area (Å²) in [5, 5.41) is 0. The van der Waals surface area contributed by atoms with Crippen LogP contribution in [-0.4, -0.2) is 34.0 Å². The van der Waals surface area contributed by atoms with Gasteiger partial charge in [0.25, 0.3) is 0 Å². The first-order valence-electron chi connectivity index (χ1n) is 0. The SMILES string of the molecule is [H-].[H-].[H-].[H-].[K+].[Mg+2].[Na+].[SiH4]. The van der Waals surface area contributed by atoms with E-state index in [0.29, 0.717) is 0 Å². The summed E-state index contributed by atoms with van der Waals surface area (Å²) < 4.78 is 0. The molecule has 0 bridgehead atoms.